The lowest BCUT2D eigenvalue weighted by atomic mass is 10.1. The lowest BCUT2D eigenvalue weighted by Gasteiger charge is -2.12. The second-order valence-corrected chi connectivity index (χ2v) is 6.50. The molecule has 1 N–H and O–H groups in total. The number of anilines is 1. The summed E-state index contributed by atoms with van der Waals surface area (Å²) in [4.78, 5) is 53.2. The monoisotopic (exact) mass is 401 g/mol. The van der Waals surface area contributed by atoms with E-state index in [0.29, 0.717) is 10.2 Å². The molecular formula is C18H15N3O6S. The molecule has 10 heteroatoms. The van der Waals surface area contributed by atoms with Crippen LogP contribution in [-0.4, -0.2) is 41.6 Å². The number of nitrogens with one attached hydrogen (secondary N) is 1. The van der Waals surface area contributed by atoms with Crippen molar-refractivity contribution in [3.8, 4) is 0 Å². The van der Waals surface area contributed by atoms with Gasteiger partial charge in [0.05, 0.1) is 42.7 Å². The zero-order valence-electron chi connectivity index (χ0n) is 14.9. The predicted molar refractivity (Wildman–Crippen MR) is 102 cm³/mol. The molecule has 144 valence electrons. The first-order valence-corrected chi connectivity index (χ1v) is 8.85. The van der Waals surface area contributed by atoms with Crippen molar-refractivity contribution in [1.82, 2.24) is 9.55 Å². The minimum atomic E-state index is -0.690. The van der Waals surface area contributed by atoms with Crippen LogP contribution in [0.25, 0.3) is 10.2 Å². The number of esters is 2. The van der Waals surface area contributed by atoms with Gasteiger partial charge >= 0.3 is 11.9 Å². The maximum Gasteiger partial charge on any atom is 0.339 e. The molecular weight excluding hydrogens is 386 g/mol. The minimum Gasteiger partial charge on any atom is -0.465 e. The fourth-order valence-corrected chi connectivity index (χ4v) is 3.25. The van der Waals surface area contributed by atoms with Crippen LogP contribution in [0.15, 0.2) is 40.8 Å². The molecule has 3 rings (SSSR count). The van der Waals surface area contributed by atoms with Crippen molar-refractivity contribution in [2.24, 2.45) is 0 Å². The van der Waals surface area contributed by atoms with Crippen molar-refractivity contribution in [3.05, 3.63) is 57.5 Å². The van der Waals surface area contributed by atoms with Gasteiger partial charge in [0.2, 0.25) is 5.91 Å². The van der Waals surface area contributed by atoms with E-state index in [-0.39, 0.29) is 28.9 Å². The third kappa shape index (κ3) is 3.76. The Kier molecular flexibility index (Phi) is 5.50. The van der Waals surface area contributed by atoms with Gasteiger partial charge in [0.25, 0.3) is 5.56 Å². The molecule has 0 saturated carbocycles. The van der Waals surface area contributed by atoms with Crippen LogP contribution >= 0.6 is 11.3 Å². The van der Waals surface area contributed by atoms with Gasteiger partial charge in [0.1, 0.15) is 11.4 Å². The van der Waals surface area contributed by atoms with E-state index in [9.17, 15) is 19.2 Å². The van der Waals surface area contributed by atoms with E-state index in [0.717, 1.165) is 4.57 Å². The predicted octanol–water partition coefficient (Wildman–Crippen LogP) is 1.67. The van der Waals surface area contributed by atoms with Gasteiger partial charge in [-0.2, -0.15) is 0 Å². The van der Waals surface area contributed by atoms with Gasteiger partial charge in [0, 0.05) is 0 Å². The van der Waals surface area contributed by atoms with Crippen LogP contribution in [0.1, 0.15) is 20.7 Å². The summed E-state index contributed by atoms with van der Waals surface area (Å²) in [6.07, 6.45) is 1.28. The first-order chi connectivity index (χ1) is 13.4. The average molecular weight is 401 g/mol. The van der Waals surface area contributed by atoms with Gasteiger partial charge in [-0.25, -0.2) is 14.6 Å². The molecule has 0 saturated heterocycles. The van der Waals surface area contributed by atoms with E-state index < -0.39 is 17.8 Å². The van der Waals surface area contributed by atoms with Crippen LogP contribution in [-0.2, 0) is 20.8 Å². The Morgan fingerprint density at radius 2 is 1.89 bits per heavy atom. The fraction of sp³-hybridized carbons (Fsp3) is 0.167. The van der Waals surface area contributed by atoms with E-state index in [1.807, 2.05) is 0 Å². The Morgan fingerprint density at radius 1 is 1.14 bits per heavy atom. The highest BCUT2D eigenvalue weighted by Gasteiger charge is 2.18. The number of methoxy groups -OCH3 is 2. The highest BCUT2D eigenvalue weighted by atomic mass is 32.1. The van der Waals surface area contributed by atoms with Gasteiger partial charge in [-0.05, 0) is 29.6 Å². The lowest BCUT2D eigenvalue weighted by molar-refractivity contribution is -0.116. The summed E-state index contributed by atoms with van der Waals surface area (Å²) in [7, 11) is 2.41. The first kappa shape index (κ1) is 19.2. The topological polar surface area (TPSA) is 117 Å². The molecule has 0 unspecified atom stereocenters. The van der Waals surface area contributed by atoms with Gasteiger partial charge in [0.15, 0.2) is 0 Å². The third-order valence-corrected chi connectivity index (χ3v) is 4.71. The molecule has 0 aliphatic heterocycles. The summed E-state index contributed by atoms with van der Waals surface area (Å²) < 4.78 is 10.5. The Balaban J connectivity index is 1.89. The van der Waals surface area contributed by atoms with Crippen LogP contribution in [0.4, 0.5) is 5.69 Å². The van der Waals surface area contributed by atoms with Crippen LogP contribution in [0.3, 0.4) is 0 Å². The zero-order chi connectivity index (χ0) is 20.3. The number of carbonyl (C=O) groups excluding carboxylic acids is 3. The van der Waals surface area contributed by atoms with Gasteiger partial charge in [-0.3, -0.25) is 14.2 Å². The van der Waals surface area contributed by atoms with E-state index >= 15 is 0 Å². The maximum atomic E-state index is 12.5. The largest absolute Gasteiger partial charge is 0.465 e. The van der Waals surface area contributed by atoms with Gasteiger partial charge in [-0.1, -0.05) is 0 Å². The summed E-state index contributed by atoms with van der Waals surface area (Å²) in [5.74, 6) is -1.90. The molecule has 0 fully saturated rings. The smallest absolute Gasteiger partial charge is 0.339 e. The fourth-order valence-electron chi connectivity index (χ4n) is 2.53. The van der Waals surface area contributed by atoms with E-state index in [1.165, 1.54) is 50.1 Å². The maximum absolute atomic E-state index is 12.5. The van der Waals surface area contributed by atoms with Crippen molar-refractivity contribution >= 4 is 45.1 Å². The van der Waals surface area contributed by atoms with Crippen LogP contribution in [0.5, 0.6) is 0 Å². The van der Waals surface area contributed by atoms with E-state index in [1.54, 1.807) is 11.4 Å². The second-order valence-electron chi connectivity index (χ2n) is 5.61. The number of hydrogen-bond acceptors (Lipinski definition) is 8. The van der Waals surface area contributed by atoms with Crippen molar-refractivity contribution < 1.29 is 23.9 Å². The third-order valence-electron chi connectivity index (χ3n) is 3.88. The highest BCUT2D eigenvalue weighted by Crippen LogP contribution is 2.20. The Labute approximate surface area is 162 Å². The molecule has 2 aromatic heterocycles. The molecule has 0 aliphatic carbocycles. The number of hydrogen-bond donors (Lipinski definition) is 1. The summed E-state index contributed by atoms with van der Waals surface area (Å²) >= 11 is 1.33. The van der Waals surface area contributed by atoms with Crippen LogP contribution in [0, 0.1) is 0 Å². The minimum absolute atomic E-state index is 0.0576. The van der Waals surface area contributed by atoms with E-state index in [2.05, 4.69) is 15.0 Å². The lowest BCUT2D eigenvalue weighted by Crippen LogP contribution is -2.28. The summed E-state index contributed by atoms with van der Waals surface area (Å²) in [5, 5.41) is 4.69. The summed E-state index contributed by atoms with van der Waals surface area (Å²) in [5.41, 5.74) is -0.0819. The number of fused-ring (bicyclic) bond motifs is 1. The van der Waals surface area contributed by atoms with Crippen molar-refractivity contribution in [1.29, 1.82) is 0 Å². The molecule has 2 heterocycles. The standard InChI is InChI=1S/C18H15N3O6S/c1-26-17(24)10-3-4-11(18(25)27-2)13(7-10)20-14(22)8-21-9-19-15-12(16(21)23)5-6-28-15/h3-7,9H,8H2,1-2H3,(H,20,22). The van der Waals surface area contributed by atoms with Gasteiger partial charge < -0.3 is 14.8 Å². The van der Waals surface area contributed by atoms with E-state index in [4.69, 9.17) is 4.74 Å². The summed E-state index contributed by atoms with van der Waals surface area (Å²) in [6.45, 7) is -0.319. The Morgan fingerprint density at radius 3 is 2.61 bits per heavy atom. The van der Waals surface area contributed by atoms with Crippen molar-refractivity contribution in [2.75, 3.05) is 19.5 Å². The highest BCUT2D eigenvalue weighted by molar-refractivity contribution is 7.16. The Hall–Kier alpha value is -3.53. The first-order valence-electron chi connectivity index (χ1n) is 7.97. The number of carbonyl (C=O) groups is 3. The SMILES string of the molecule is COC(=O)c1ccc(C(=O)OC)c(NC(=O)Cn2cnc3sccc3c2=O)c1. The molecule has 28 heavy (non-hydrogen) atoms. The normalized spacial score (nSPS) is 10.5. The van der Waals surface area contributed by atoms with Crippen molar-refractivity contribution in [3.63, 3.8) is 0 Å². The molecule has 3 aromatic rings. The quantitative estimate of drug-likeness (QED) is 0.646. The van der Waals surface area contributed by atoms with Crippen molar-refractivity contribution in [2.45, 2.75) is 6.54 Å². The number of benzene rings is 1. The number of amides is 1. The molecule has 0 atom stereocenters. The van der Waals surface area contributed by atoms with Crippen LogP contribution in [0.2, 0.25) is 0 Å². The Bertz CT molecular complexity index is 1130. The number of ether oxygens (including phenoxy) is 2. The number of aromatic nitrogens is 2. The summed E-state index contributed by atoms with van der Waals surface area (Å²) in [6, 6.07) is 5.67. The molecule has 1 aromatic carbocycles. The van der Waals surface area contributed by atoms with Crippen LogP contribution < -0.4 is 10.9 Å². The molecule has 0 bridgehead atoms. The molecule has 0 spiro atoms. The zero-order valence-corrected chi connectivity index (χ0v) is 15.7. The molecule has 0 radical (unpaired) electrons. The second kappa shape index (κ2) is 8.01. The molecule has 0 aliphatic rings. The molecule has 1 amide bonds. The number of rotatable bonds is 5. The molecule has 9 nitrogen and oxygen atoms in total. The average Bonchev–Trinajstić information content (AvgIpc) is 3.18. The number of nitrogens with zero attached hydrogens (tertiary/aromatic N) is 2. The van der Waals surface area contributed by atoms with Gasteiger partial charge in [-0.15, -0.1) is 11.3 Å². The number of thiophene rings is 1.